The van der Waals surface area contributed by atoms with Crippen molar-refractivity contribution in [1.29, 1.82) is 10.5 Å². The Kier molecular flexibility index (Phi) is 6.23. The largest absolute Gasteiger partial charge is 0.302 e. The number of nitrogens with zero attached hydrogens (tertiary/aromatic N) is 3. The van der Waals surface area contributed by atoms with Gasteiger partial charge in [-0.1, -0.05) is 28.1 Å². The number of nitriles is 2. The van der Waals surface area contributed by atoms with E-state index in [4.69, 9.17) is 10.5 Å². The predicted octanol–water partition coefficient (Wildman–Crippen LogP) is 4.07. The summed E-state index contributed by atoms with van der Waals surface area (Å²) in [7, 11) is 0. The first-order valence-corrected chi connectivity index (χ1v) is 8.26. The molecule has 1 saturated heterocycles. The highest BCUT2D eigenvalue weighted by Gasteiger charge is 2.22. The number of piperidine rings is 1. The van der Waals surface area contributed by atoms with E-state index in [-0.39, 0.29) is 5.92 Å². The molecule has 0 saturated carbocycles. The van der Waals surface area contributed by atoms with Crippen molar-refractivity contribution in [1.82, 2.24) is 4.90 Å². The van der Waals surface area contributed by atoms with Gasteiger partial charge in [0.05, 0.1) is 18.1 Å². The minimum absolute atomic E-state index is 0.00567. The van der Waals surface area contributed by atoms with Crippen LogP contribution in [0, 0.1) is 28.6 Å². The Hall–Kier alpha value is -1.36. The molecule has 0 radical (unpaired) electrons. The summed E-state index contributed by atoms with van der Waals surface area (Å²) >= 11 is 3.47. The van der Waals surface area contributed by atoms with E-state index in [2.05, 4.69) is 57.2 Å². The lowest BCUT2D eigenvalue weighted by molar-refractivity contribution is 0.193. The number of hydrogen-bond acceptors (Lipinski definition) is 3. The predicted molar refractivity (Wildman–Crippen MR) is 86.5 cm³/mol. The third kappa shape index (κ3) is 4.84. The van der Waals surface area contributed by atoms with E-state index in [0.717, 1.165) is 36.9 Å². The lowest BCUT2D eigenvalue weighted by atomic mass is 9.89. The molecule has 2 rings (SSSR count). The van der Waals surface area contributed by atoms with Gasteiger partial charge in [0.2, 0.25) is 0 Å². The zero-order valence-corrected chi connectivity index (χ0v) is 13.7. The molecule has 0 aromatic heterocycles. The quantitative estimate of drug-likeness (QED) is 0.807. The lowest BCUT2D eigenvalue weighted by Gasteiger charge is -2.33. The van der Waals surface area contributed by atoms with Gasteiger partial charge in [-0.05, 0) is 56.0 Å². The molecule has 0 N–H and O–H groups in total. The van der Waals surface area contributed by atoms with Crippen LogP contribution in [0.3, 0.4) is 0 Å². The molecule has 110 valence electrons. The topological polar surface area (TPSA) is 50.8 Å². The molecule has 4 heteroatoms. The molecule has 0 bridgehead atoms. The third-order valence-electron chi connectivity index (χ3n) is 4.19. The number of halogens is 1. The summed E-state index contributed by atoms with van der Waals surface area (Å²) in [5.74, 6) is 0.628. The van der Waals surface area contributed by atoms with Crippen molar-refractivity contribution in [3.8, 4) is 12.1 Å². The van der Waals surface area contributed by atoms with Crippen molar-refractivity contribution < 1.29 is 0 Å². The molecule has 1 aliphatic rings. The second-order valence-corrected chi connectivity index (χ2v) is 6.56. The summed E-state index contributed by atoms with van der Waals surface area (Å²) in [4.78, 5) is 2.38. The Labute approximate surface area is 135 Å². The van der Waals surface area contributed by atoms with Gasteiger partial charge in [-0.3, -0.25) is 0 Å². The van der Waals surface area contributed by atoms with Gasteiger partial charge in [-0.25, -0.2) is 0 Å². The van der Waals surface area contributed by atoms with Crippen LogP contribution in [0.25, 0.3) is 0 Å². The Morgan fingerprint density at radius 3 is 2.43 bits per heavy atom. The van der Waals surface area contributed by atoms with Gasteiger partial charge in [-0.2, -0.15) is 10.5 Å². The van der Waals surface area contributed by atoms with E-state index in [0.29, 0.717) is 18.8 Å². The van der Waals surface area contributed by atoms with Gasteiger partial charge >= 0.3 is 0 Å². The van der Waals surface area contributed by atoms with Gasteiger partial charge in [-0.15, -0.1) is 0 Å². The standard InChI is InChI=1S/C17H20BrN3/c18-17-5-3-15(4-6-17)16-7-10-21(11-8-16)13-14(12-20)2-1-9-19/h3-6,14,16H,1-2,7-8,10-11,13H2/t14-/m1/s1. The van der Waals surface area contributed by atoms with Crippen molar-refractivity contribution in [2.75, 3.05) is 19.6 Å². The Morgan fingerprint density at radius 2 is 1.86 bits per heavy atom. The van der Waals surface area contributed by atoms with Crippen LogP contribution in [0.2, 0.25) is 0 Å². The molecule has 3 nitrogen and oxygen atoms in total. The molecule has 1 aromatic rings. The summed E-state index contributed by atoms with van der Waals surface area (Å²) in [6, 6.07) is 13.1. The fraction of sp³-hybridized carbons (Fsp3) is 0.529. The normalized spacial score (nSPS) is 17.9. The Balaban J connectivity index is 1.81. The van der Waals surface area contributed by atoms with Gasteiger partial charge < -0.3 is 4.90 Å². The zero-order chi connectivity index (χ0) is 15.1. The minimum Gasteiger partial charge on any atom is -0.302 e. The zero-order valence-electron chi connectivity index (χ0n) is 12.1. The first kappa shape index (κ1) is 16.0. The number of hydrogen-bond donors (Lipinski definition) is 0. The van der Waals surface area contributed by atoms with E-state index >= 15 is 0 Å². The van der Waals surface area contributed by atoms with Crippen LogP contribution in [-0.2, 0) is 0 Å². The summed E-state index contributed by atoms with van der Waals surface area (Å²) in [5.41, 5.74) is 1.42. The highest BCUT2D eigenvalue weighted by molar-refractivity contribution is 9.10. The van der Waals surface area contributed by atoms with Crippen molar-refractivity contribution >= 4 is 15.9 Å². The summed E-state index contributed by atoms with van der Waals surface area (Å²) < 4.78 is 1.12. The van der Waals surface area contributed by atoms with Crippen molar-refractivity contribution in [2.45, 2.75) is 31.6 Å². The van der Waals surface area contributed by atoms with E-state index in [9.17, 15) is 0 Å². The molecule has 0 aliphatic carbocycles. The monoisotopic (exact) mass is 345 g/mol. The molecular formula is C17H20BrN3. The molecule has 1 heterocycles. The van der Waals surface area contributed by atoms with Crippen LogP contribution in [0.15, 0.2) is 28.7 Å². The van der Waals surface area contributed by atoms with Crippen LogP contribution < -0.4 is 0 Å². The molecule has 21 heavy (non-hydrogen) atoms. The van der Waals surface area contributed by atoms with Crippen molar-refractivity contribution in [2.24, 2.45) is 5.92 Å². The molecule has 1 aliphatic heterocycles. The molecule has 0 spiro atoms. The second kappa shape index (κ2) is 8.17. The molecular weight excluding hydrogens is 326 g/mol. The first-order valence-electron chi connectivity index (χ1n) is 7.47. The van der Waals surface area contributed by atoms with Crippen LogP contribution in [0.4, 0.5) is 0 Å². The molecule has 1 atom stereocenters. The first-order chi connectivity index (χ1) is 10.2. The average Bonchev–Trinajstić information content (AvgIpc) is 2.53. The Bertz CT molecular complexity index is 518. The van der Waals surface area contributed by atoms with Gasteiger partial charge in [0.1, 0.15) is 0 Å². The fourth-order valence-corrected chi connectivity index (χ4v) is 3.20. The van der Waals surface area contributed by atoms with E-state index in [1.807, 2.05) is 0 Å². The maximum atomic E-state index is 9.15. The van der Waals surface area contributed by atoms with Gasteiger partial charge in [0.25, 0.3) is 0 Å². The van der Waals surface area contributed by atoms with Crippen LogP contribution >= 0.6 is 15.9 Å². The lowest BCUT2D eigenvalue weighted by Crippen LogP contribution is -2.36. The van der Waals surface area contributed by atoms with Crippen molar-refractivity contribution in [3.63, 3.8) is 0 Å². The fourth-order valence-electron chi connectivity index (χ4n) is 2.93. The van der Waals surface area contributed by atoms with Crippen LogP contribution in [-0.4, -0.2) is 24.5 Å². The molecule has 1 fully saturated rings. The number of likely N-dealkylation sites (tertiary alicyclic amines) is 1. The van der Waals surface area contributed by atoms with Crippen molar-refractivity contribution in [3.05, 3.63) is 34.3 Å². The van der Waals surface area contributed by atoms with Gasteiger partial charge in [0.15, 0.2) is 0 Å². The minimum atomic E-state index is -0.00567. The van der Waals surface area contributed by atoms with Crippen LogP contribution in [0.5, 0.6) is 0 Å². The number of benzene rings is 1. The highest BCUT2D eigenvalue weighted by atomic mass is 79.9. The summed E-state index contributed by atoms with van der Waals surface area (Å²) in [6.07, 6.45) is 3.48. The van der Waals surface area contributed by atoms with E-state index in [1.165, 1.54) is 5.56 Å². The molecule has 0 unspecified atom stereocenters. The summed E-state index contributed by atoms with van der Waals surface area (Å²) in [6.45, 7) is 2.90. The SMILES string of the molecule is N#CCC[C@H](C#N)CN1CCC(c2ccc(Br)cc2)CC1. The average molecular weight is 346 g/mol. The van der Waals surface area contributed by atoms with Gasteiger partial charge in [0, 0.05) is 17.4 Å². The Morgan fingerprint density at radius 1 is 1.19 bits per heavy atom. The maximum Gasteiger partial charge on any atom is 0.0669 e. The highest BCUT2D eigenvalue weighted by Crippen LogP contribution is 2.29. The molecule has 0 amide bonds. The second-order valence-electron chi connectivity index (χ2n) is 5.65. The molecule has 1 aromatic carbocycles. The van der Waals surface area contributed by atoms with Crippen LogP contribution in [0.1, 0.15) is 37.2 Å². The van der Waals surface area contributed by atoms with E-state index in [1.54, 1.807) is 0 Å². The van der Waals surface area contributed by atoms with E-state index < -0.39 is 0 Å². The maximum absolute atomic E-state index is 9.15. The number of rotatable bonds is 5. The summed E-state index contributed by atoms with van der Waals surface area (Å²) in [5, 5.41) is 17.8. The third-order valence-corrected chi connectivity index (χ3v) is 4.72. The smallest absolute Gasteiger partial charge is 0.0669 e.